The van der Waals surface area contributed by atoms with Gasteiger partial charge in [-0.2, -0.15) is 0 Å². The minimum absolute atomic E-state index is 0.258. The molecule has 0 aliphatic carbocycles. The Balaban J connectivity index is 1.76. The van der Waals surface area contributed by atoms with Crippen molar-refractivity contribution in [3.8, 4) is 0 Å². The Morgan fingerprint density at radius 2 is 1.60 bits per heavy atom. The van der Waals surface area contributed by atoms with E-state index in [9.17, 15) is 4.79 Å². The quantitative estimate of drug-likeness (QED) is 0.477. The van der Waals surface area contributed by atoms with Crippen molar-refractivity contribution in [3.05, 3.63) is 97.1 Å². The van der Waals surface area contributed by atoms with Crippen LogP contribution in [-0.2, 0) is 27.4 Å². The molecule has 158 valence electrons. The van der Waals surface area contributed by atoms with Crippen LogP contribution in [0, 0.1) is 0 Å². The smallest absolute Gasteiger partial charge is 0.410 e. The summed E-state index contributed by atoms with van der Waals surface area (Å²) in [4.78, 5) is 14.0. The predicted molar refractivity (Wildman–Crippen MR) is 117 cm³/mol. The third-order valence-corrected chi connectivity index (χ3v) is 5.09. The molecule has 0 aromatic heterocycles. The number of hydrogen-bond acceptors (Lipinski definition) is 4. The molecule has 5 nitrogen and oxygen atoms in total. The number of cyclic esters (lactones) is 1. The number of carbonyl (C=O) groups is 1. The van der Waals surface area contributed by atoms with E-state index in [2.05, 4.69) is 13.2 Å². The van der Waals surface area contributed by atoms with Crippen LogP contribution in [-0.4, -0.2) is 42.4 Å². The monoisotopic (exact) mass is 407 g/mol. The van der Waals surface area contributed by atoms with Crippen LogP contribution in [0.3, 0.4) is 0 Å². The summed E-state index contributed by atoms with van der Waals surface area (Å²) in [6.07, 6.45) is 3.07. The van der Waals surface area contributed by atoms with E-state index in [1.807, 2.05) is 60.7 Å². The number of benzene rings is 2. The predicted octanol–water partition coefficient (Wildman–Crippen LogP) is 4.74. The summed E-state index contributed by atoms with van der Waals surface area (Å²) in [5.74, 6) is 0. The topological polar surface area (TPSA) is 48.0 Å². The Labute approximate surface area is 178 Å². The minimum atomic E-state index is -0.414. The van der Waals surface area contributed by atoms with Gasteiger partial charge in [0, 0.05) is 6.54 Å². The van der Waals surface area contributed by atoms with Crippen LogP contribution in [0.25, 0.3) is 0 Å². The molecule has 0 saturated carbocycles. The molecule has 1 fully saturated rings. The van der Waals surface area contributed by atoms with Crippen LogP contribution in [0.2, 0.25) is 0 Å². The van der Waals surface area contributed by atoms with Crippen molar-refractivity contribution in [2.45, 2.75) is 37.9 Å². The normalized spacial score (nSPS) is 17.9. The number of carbonyl (C=O) groups excluding carboxylic acids is 1. The molecule has 2 aromatic carbocycles. The molecule has 0 bridgehead atoms. The second-order valence-corrected chi connectivity index (χ2v) is 7.17. The second-order valence-electron chi connectivity index (χ2n) is 7.17. The summed E-state index contributed by atoms with van der Waals surface area (Å²) in [5.41, 5.74) is 2.12. The van der Waals surface area contributed by atoms with E-state index < -0.39 is 12.2 Å². The van der Waals surface area contributed by atoms with Gasteiger partial charge in [-0.3, -0.25) is 4.90 Å². The van der Waals surface area contributed by atoms with Gasteiger partial charge in [-0.1, -0.05) is 72.8 Å². The number of hydrogen-bond donors (Lipinski definition) is 0. The van der Waals surface area contributed by atoms with Crippen LogP contribution in [0.4, 0.5) is 4.79 Å². The summed E-state index contributed by atoms with van der Waals surface area (Å²) < 4.78 is 17.8. The van der Waals surface area contributed by atoms with Crippen molar-refractivity contribution in [2.24, 2.45) is 0 Å². The highest BCUT2D eigenvalue weighted by atomic mass is 16.6. The van der Waals surface area contributed by atoms with E-state index in [1.54, 1.807) is 17.1 Å². The fourth-order valence-corrected chi connectivity index (χ4v) is 3.48. The van der Waals surface area contributed by atoms with E-state index in [-0.39, 0.29) is 18.7 Å². The van der Waals surface area contributed by atoms with Gasteiger partial charge in [0.05, 0.1) is 19.3 Å². The fraction of sp³-hybridized carbons (Fsp3) is 0.320. The van der Waals surface area contributed by atoms with Crippen molar-refractivity contribution < 1.29 is 19.0 Å². The molecule has 1 amide bonds. The van der Waals surface area contributed by atoms with Gasteiger partial charge in [-0.15, -0.1) is 13.2 Å². The van der Waals surface area contributed by atoms with Crippen LogP contribution < -0.4 is 0 Å². The van der Waals surface area contributed by atoms with Gasteiger partial charge in [0.2, 0.25) is 0 Å². The standard InChI is InChI=1S/C25H29NO4/c1-3-5-16-26-22(19-30-25(26)27)24(29-18-21-14-10-7-11-15-21)23(4-2)28-17-20-12-8-6-9-13-20/h3-4,6-15,22-24H,1-2,5,16-19H2/t22-,23-,24-/m1/s1. The second kappa shape index (κ2) is 11.3. The molecule has 0 N–H and O–H groups in total. The molecule has 30 heavy (non-hydrogen) atoms. The van der Waals surface area contributed by atoms with E-state index in [0.717, 1.165) is 11.1 Å². The van der Waals surface area contributed by atoms with Gasteiger partial charge in [0.15, 0.2) is 0 Å². The first kappa shape index (κ1) is 21.8. The molecule has 5 heteroatoms. The fourth-order valence-electron chi connectivity index (χ4n) is 3.48. The lowest BCUT2D eigenvalue weighted by Gasteiger charge is -2.33. The van der Waals surface area contributed by atoms with Crippen molar-refractivity contribution in [3.63, 3.8) is 0 Å². The molecule has 3 atom stereocenters. The van der Waals surface area contributed by atoms with Crippen molar-refractivity contribution in [1.82, 2.24) is 4.90 Å². The lowest BCUT2D eigenvalue weighted by atomic mass is 10.0. The first-order valence-electron chi connectivity index (χ1n) is 10.2. The average Bonchev–Trinajstić information content (AvgIpc) is 3.15. The molecule has 0 unspecified atom stereocenters. The highest BCUT2D eigenvalue weighted by Gasteiger charge is 2.42. The third-order valence-electron chi connectivity index (χ3n) is 5.09. The third kappa shape index (κ3) is 5.81. The van der Waals surface area contributed by atoms with E-state index >= 15 is 0 Å². The SMILES string of the molecule is C=CCCN1C(=O)OC[C@@H]1[C@@H](OCc1ccccc1)[C@@H](C=C)OCc1ccccc1. The molecule has 1 heterocycles. The van der Waals surface area contributed by atoms with Gasteiger partial charge in [-0.05, 0) is 17.5 Å². The molecule has 0 spiro atoms. The number of rotatable bonds is 12. The zero-order valence-electron chi connectivity index (χ0n) is 17.2. The summed E-state index contributed by atoms with van der Waals surface area (Å²) in [5, 5.41) is 0. The van der Waals surface area contributed by atoms with Gasteiger partial charge in [0.25, 0.3) is 0 Å². The lowest BCUT2D eigenvalue weighted by molar-refractivity contribution is -0.0907. The van der Waals surface area contributed by atoms with Crippen molar-refractivity contribution in [2.75, 3.05) is 13.2 Å². The number of nitrogens with zero attached hydrogens (tertiary/aromatic N) is 1. The van der Waals surface area contributed by atoms with Gasteiger partial charge < -0.3 is 14.2 Å². The Hall–Kier alpha value is -2.89. The van der Waals surface area contributed by atoms with Crippen LogP contribution in [0.15, 0.2) is 86.0 Å². The first-order valence-corrected chi connectivity index (χ1v) is 10.2. The van der Waals surface area contributed by atoms with E-state index in [4.69, 9.17) is 14.2 Å². The number of amides is 1. The molecule has 2 aromatic rings. The van der Waals surface area contributed by atoms with E-state index in [0.29, 0.717) is 26.2 Å². The Morgan fingerprint density at radius 1 is 1.00 bits per heavy atom. The largest absolute Gasteiger partial charge is 0.447 e. The highest BCUT2D eigenvalue weighted by Crippen LogP contribution is 2.24. The maximum atomic E-state index is 12.3. The van der Waals surface area contributed by atoms with Crippen LogP contribution >= 0.6 is 0 Å². The Bertz CT molecular complexity index is 808. The Kier molecular flexibility index (Phi) is 8.24. The van der Waals surface area contributed by atoms with E-state index in [1.165, 1.54) is 0 Å². The maximum Gasteiger partial charge on any atom is 0.410 e. The molecule has 1 saturated heterocycles. The molecule has 1 aliphatic heterocycles. The van der Waals surface area contributed by atoms with Crippen LogP contribution in [0.1, 0.15) is 17.5 Å². The molecule has 1 aliphatic rings. The molecule has 3 rings (SSSR count). The number of ether oxygens (including phenoxy) is 3. The molecule has 0 radical (unpaired) electrons. The zero-order valence-corrected chi connectivity index (χ0v) is 17.2. The zero-order chi connectivity index (χ0) is 21.2. The summed E-state index contributed by atoms with van der Waals surface area (Å²) in [6, 6.07) is 19.6. The van der Waals surface area contributed by atoms with Gasteiger partial charge >= 0.3 is 6.09 Å². The van der Waals surface area contributed by atoms with Crippen LogP contribution in [0.5, 0.6) is 0 Å². The van der Waals surface area contributed by atoms with Gasteiger partial charge in [-0.25, -0.2) is 4.79 Å². The maximum absolute atomic E-state index is 12.3. The minimum Gasteiger partial charge on any atom is -0.447 e. The first-order chi connectivity index (χ1) is 14.7. The highest BCUT2D eigenvalue weighted by molar-refractivity contribution is 5.70. The summed E-state index contributed by atoms with van der Waals surface area (Å²) in [7, 11) is 0. The van der Waals surface area contributed by atoms with Crippen molar-refractivity contribution in [1.29, 1.82) is 0 Å². The summed E-state index contributed by atoms with van der Waals surface area (Å²) >= 11 is 0. The lowest BCUT2D eigenvalue weighted by Crippen LogP contribution is -2.49. The molecular weight excluding hydrogens is 378 g/mol. The average molecular weight is 408 g/mol. The Morgan fingerprint density at radius 3 is 2.17 bits per heavy atom. The van der Waals surface area contributed by atoms with Crippen molar-refractivity contribution >= 4 is 6.09 Å². The van der Waals surface area contributed by atoms with Gasteiger partial charge in [0.1, 0.15) is 18.8 Å². The summed E-state index contributed by atoms with van der Waals surface area (Å²) in [6.45, 7) is 9.34. The molecular formula is C25H29NO4.